The molecule has 1 amide bonds. The number of hydrogen-bond donors (Lipinski definition) is 1. The van der Waals surface area contributed by atoms with E-state index in [1.165, 1.54) is 0 Å². The summed E-state index contributed by atoms with van der Waals surface area (Å²) < 4.78 is 42.9. The highest BCUT2D eigenvalue weighted by Crippen LogP contribution is 2.34. The van der Waals surface area contributed by atoms with Gasteiger partial charge in [-0.25, -0.2) is 4.98 Å². The van der Waals surface area contributed by atoms with Crippen LogP contribution in [-0.4, -0.2) is 23.3 Å². The summed E-state index contributed by atoms with van der Waals surface area (Å²) in [6, 6.07) is 8.02. The maximum absolute atomic E-state index is 12.6. The fraction of sp³-hybridized carbons (Fsp3) is 0.294. The van der Waals surface area contributed by atoms with Crippen molar-refractivity contribution in [3.05, 3.63) is 52.7 Å². The Balaban J connectivity index is 1.94. The first-order valence-electron chi connectivity index (χ1n) is 7.50. The van der Waals surface area contributed by atoms with Gasteiger partial charge in [0, 0.05) is 12.7 Å². The van der Waals surface area contributed by atoms with Gasteiger partial charge in [-0.3, -0.25) is 4.79 Å². The summed E-state index contributed by atoms with van der Waals surface area (Å²) in [6.07, 6.45) is -3.81. The molecule has 1 heterocycles. The van der Waals surface area contributed by atoms with Crippen LogP contribution in [-0.2, 0) is 17.5 Å². The van der Waals surface area contributed by atoms with Gasteiger partial charge >= 0.3 is 6.18 Å². The summed E-state index contributed by atoms with van der Waals surface area (Å²) in [4.78, 5) is 15.9. The van der Waals surface area contributed by atoms with E-state index in [9.17, 15) is 18.0 Å². The van der Waals surface area contributed by atoms with Crippen LogP contribution in [0, 0.1) is 0 Å². The third-order valence-electron chi connectivity index (χ3n) is 3.42. The minimum absolute atomic E-state index is 0.139. The summed E-state index contributed by atoms with van der Waals surface area (Å²) in [7, 11) is 1.57. The molecular weight excluding hydrogens is 389 g/mol. The fourth-order valence-electron chi connectivity index (χ4n) is 1.96. The number of hydrogen-bond acceptors (Lipinski definition) is 4. The van der Waals surface area contributed by atoms with Gasteiger partial charge in [0.15, 0.2) is 0 Å². The molecule has 0 fully saturated rings. The SMILES string of the molecule is COc1ccc(CNC(=O)[C@@H](C)Sc2ncc(C(F)(F)F)cc2Cl)cc1. The number of ether oxygens (including phenoxy) is 1. The lowest BCUT2D eigenvalue weighted by Gasteiger charge is -2.13. The molecule has 0 radical (unpaired) electrons. The number of thioether (sulfide) groups is 1. The van der Waals surface area contributed by atoms with Crippen molar-refractivity contribution >= 4 is 29.3 Å². The molecule has 0 aliphatic rings. The molecule has 26 heavy (non-hydrogen) atoms. The smallest absolute Gasteiger partial charge is 0.417 e. The topological polar surface area (TPSA) is 51.2 Å². The van der Waals surface area contributed by atoms with Gasteiger partial charge in [-0.2, -0.15) is 13.2 Å². The second-order valence-corrected chi connectivity index (χ2v) is 7.07. The quantitative estimate of drug-likeness (QED) is 0.717. The largest absolute Gasteiger partial charge is 0.497 e. The Labute approximate surface area is 158 Å². The molecule has 1 aromatic heterocycles. The molecule has 0 saturated heterocycles. The van der Waals surface area contributed by atoms with Crippen LogP contribution in [0.3, 0.4) is 0 Å². The van der Waals surface area contributed by atoms with Crippen LogP contribution in [0.2, 0.25) is 5.02 Å². The zero-order valence-electron chi connectivity index (χ0n) is 13.9. The Hall–Kier alpha value is -1.93. The van der Waals surface area contributed by atoms with Crippen molar-refractivity contribution in [2.45, 2.75) is 29.9 Å². The summed E-state index contributed by atoms with van der Waals surface area (Å²) in [6.45, 7) is 1.95. The van der Waals surface area contributed by atoms with E-state index in [2.05, 4.69) is 10.3 Å². The van der Waals surface area contributed by atoms with Crippen LogP contribution >= 0.6 is 23.4 Å². The second-order valence-electron chi connectivity index (χ2n) is 5.33. The third-order valence-corrected chi connectivity index (χ3v) is 4.93. The second kappa shape index (κ2) is 8.64. The van der Waals surface area contributed by atoms with Crippen LogP contribution < -0.4 is 10.1 Å². The first kappa shape index (κ1) is 20.4. The highest BCUT2D eigenvalue weighted by molar-refractivity contribution is 8.00. The lowest BCUT2D eigenvalue weighted by atomic mass is 10.2. The van der Waals surface area contributed by atoms with Crippen molar-refractivity contribution in [3.63, 3.8) is 0 Å². The van der Waals surface area contributed by atoms with Crippen LogP contribution in [0.1, 0.15) is 18.1 Å². The molecule has 1 atom stereocenters. The number of halogens is 4. The molecule has 0 saturated carbocycles. The van der Waals surface area contributed by atoms with Crippen LogP contribution in [0.4, 0.5) is 13.2 Å². The Bertz CT molecular complexity index is 770. The minimum Gasteiger partial charge on any atom is -0.497 e. The van der Waals surface area contributed by atoms with Gasteiger partial charge in [0.25, 0.3) is 0 Å². The molecule has 2 rings (SSSR count). The van der Waals surface area contributed by atoms with Crippen molar-refractivity contribution in [2.24, 2.45) is 0 Å². The maximum Gasteiger partial charge on any atom is 0.417 e. The van der Waals surface area contributed by atoms with Crippen molar-refractivity contribution in [1.82, 2.24) is 10.3 Å². The average Bonchev–Trinajstić information content (AvgIpc) is 2.60. The molecule has 0 aliphatic carbocycles. The van der Waals surface area contributed by atoms with Gasteiger partial charge in [0.2, 0.25) is 5.91 Å². The van der Waals surface area contributed by atoms with Crippen LogP contribution in [0.15, 0.2) is 41.6 Å². The van der Waals surface area contributed by atoms with Gasteiger partial charge in [-0.15, -0.1) is 0 Å². The number of carbonyl (C=O) groups excluding carboxylic acids is 1. The highest BCUT2D eigenvalue weighted by Gasteiger charge is 2.32. The number of alkyl halides is 3. The van der Waals surface area contributed by atoms with E-state index in [4.69, 9.17) is 16.3 Å². The lowest BCUT2D eigenvalue weighted by Crippen LogP contribution is -2.30. The van der Waals surface area contributed by atoms with Crippen LogP contribution in [0.5, 0.6) is 5.75 Å². The summed E-state index contributed by atoms with van der Waals surface area (Å²) >= 11 is 6.86. The van der Waals surface area contributed by atoms with Crippen molar-refractivity contribution < 1.29 is 22.7 Å². The van der Waals surface area contributed by atoms with Crippen molar-refractivity contribution in [1.29, 1.82) is 0 Å². The molecular formula is C17H16ClF3N2O2S. The molecule has 1 aromatic carbocycles. The van der Waals surface area contributed by atoms with E-state index in [-0.39, 0.29) is 16.0 Å². The molecule has 0 unspecified atom stereocenters. The third kappa shape index (κ3) is 5.54. The maximum atomic E-state index is 12.6. The molecule has 9 heteroatoms. The van der Waals surface area contributed by atoms with E-state index >= 15 is 0 Å². The molecule has 140 valence electrons. The average molecular weight is 405 g/mol. The van der Waals surface area contributed by atoms with E-state index in [0.717, 1.165) is 23.4 Å². The molecule has 2 aromatic rings. The zero-order chi connectivity index (χ0) is 19.3. The van der Waals surface area contributed by atoms with E-state index < -0.39 is 17.0 Å². The summed E-state index contributed by atoms with van der Waals surface area (Å²) in [5, 5.41) is 2.22. The number of methoxy groups -OCH3 is 1. The van der Waals surface area contributed by atoms with Crippen LogP contribution in [0.25, 0.3) is 0 Å². The number of rotatable bonds is 6. The molecule has 0 bridgehead atoms. The summed E-state index contributed by atoms with van der Waals surface area (Å²) in [5.74, 6) is 0.440. The first-order valence-corrected chi connectivity index (χ1v) is 8.76. The number of aromatic nitrogens is 1. The van der Waals surface area contributed by atoms with Gasteiger partial charge < -0.3 is 10.1 Å². The Morgan fingerprint density at radius 3 is 2.54 bits per heavy atom. The number of nitrogens with one attached hydrogen (secondary N) is 1. The van der Waals surface area contributed by atoms with Gasteiger partial charge in [0.1, 0.15) is 10.8 Å². The number of carbonyl (C=O) groups is 1. The predicted octanol–water partition coefficient (Wildman–Crippen LogP) is 4.56. The Kier molecular flexibility index (Phi) is 6.77. The summed E-state index contributed by atoms with van der Waals surface area (Å²) in [5.41, 5.74) is -0.0366. The predicted molar refractivity (Wildman–Crippen MR) is 94.4 cm³/mol. The van der Waals surface area contributed by atoms with Crippen molar-refractivity contribution in [2.75, 3.05) is 7.11 Å². The normalized spacial score (nSPS) is 12.5. The van der Waals surface area contributed by atoms with E-state index in [1.54, 1.807) is 26.2 Å². The molecule has 0 spiro atoms. The molecule has 0 aliphatic heterocycles. The lowest BCUT2D eigenvalue weighted by molar-refractivity contribution is -0.137. The standard InChI is InChI=1S/C17H16ClF3N2O2S/c1-10(15(24)22-8-11-3-5-13(25-2)6-4-11)26-16-14(18)7-12(9-23-16)17(19,20)21/h3-7,9-10H,8H2,1-2H3,(H,22,24)/t10-/m1/s1. The van der Waals surface area contributed by atoms with E-state index in [0.29, 0.717) is 18.5 Å². The van der Waals surface area contributed by atoms with E-state index in [1.807, 2.05) is 12.1 Å². The highest BCUT2D eigenvalue weighted by atomic mass is 35.5. The Morgan fingerprint density at radius 1 is 1.35 bits per heavy atom. The monoisotopic (exact) mass is 404 g/mol. The number of pyridine rings is 1. The molecule has 4 nitrogen and oxygen atoms in total. The number of benzene rings is 1. The van der Waals surface area contributed by atoms with Gasteiger partial charge in [-0.1, -0.05) is 35.5 Å². The number of nitrogens with zero attached hydrogens (tertiary/aromatic N) is 1. The minimum atomic E-state index is -4.51. The zero-order valence-corrected chi connectivity index (χ0v) is 15.5. The molecule has 1 N–H and O–H groups in total. The van der Waals surface area contributed by atoms with Gasteiger partial charge in [-0.05, 0) is 30.7 Å². The number of amides is 1. The fourth-order valence-corrected chi connectivity index (χ4v) is 3.07. The first-order chi connectivity index (χ1) is 12.2. The Morgan fingerprint density at radius 2 is 2.00 bits per heavy atom. The van der Waals surface area contributed by atoms with Gasteiger partial charge in [0.05, 0.1) is 22.9 Å². The van der Waals surface area contributed by atoms with Crippen molar-refractivity contribution in [3.8, 4) is 5.75 Å².